The number of para-hydroxylation sites is 2. The van der Waals surface area contributed by atoms with Gasteiger partial charge in [0.25, 0.3) is 5.91 Å². The van der Waals surface area contributed by atoms with Crippen LogP contribution in [0.2, 0.25) is 0 Å². The van der Waals surface area contributed by atoms with E-state index in [0.717, 1.165) is 5.56 Å². The second-order valence-corrected chi connectivity index (χ2v) is 6.58. The zero-order valence-electron chi connectivity index (χ0n) is 16.9. The molecule has 3 aromatic carbocycles. The summed E-state index contributed by atoms with van der Waals surface area (Å²) < 4.78 is 5.52. The summed E-state index contributed by atoms with van der Waals surface area (Å²) in [6.45, 7) is 2.93. The standard InChI is InChI=1S/C24H25N3O3/c1-2-30-22-14-7-6-13-21(22)27-23(28)17-25-20-12-8-11-19(15-20)24(29)26-16-18-9-4-3-5-10-18/h3-15,25H,2,16-17H2,1H3,(H,26,29)(H,27,28). The van der Waals surface area contributed by atoms with Gasteiger partial charge in [0.2, 0.25) is 5.91 Å². The Morgan fingerprint density at radius 3 is 2.47 bits per heavy atom. The van der Waals surface area contributed by atoms with Crippen molar-refractivity contribution in [3.8, 4) is 5.75 Å². The Morgan fingerprint density at radius 2 is 1.67 bits per heavy atom. The topological polar surface area (TPSA) is 79.5 Å². The smallest absolute Gasteiger partial charge is 0.251 e. The lowest BCUT2D eigenvalue weighted by Crippen LogP contribution is -2.24. The normalized spacial score (nSPS) is 10.2. The predicted molar refractivity (Wildman–Crippen MR) is 119 cm³/mol. The molecule has 0 unspecified atom stereocenters. The van der Waals surface area contributed by atoms with Crippen molar-refractivity contribution >= 4 is 23.2 Å². The maximum absolute atomic E-state index is 12.4. The monoisotopic (exact) mass is 403 g/mol. The van der Waals surface area contributed by atoms with Crippen LogP contribution in [0.3, 0.4) is 0 Å². The number of hydrogen-bond acceptors (Lipinski definition) is 4. The number of amides is 2. The van der Waals surface area contributed by atoms with Crippen molar-refractivity contribution < 1.29 is 14.3 Å². The van der Waals surface area contributed by atoms with Crippen LogP contribution >= 0.6 is 0 Å². The first-order valence-corrected chi connectivity index (χ1v) is 9.83. The van der Waals surface area contributed by atoms with Crippen molar-refractivity contribution in [1.82, 2.24) is 5.32 Å². The highest BCUT2D eigenvalue weighted by molar-refractivity contribution is 5.96. The van der Waals surface area contributed by atoms with Crippen LogP contribution in [0.4, 0.5) is 11.4 Å². The summed E-state index contributed by atoms with van der Waals surface area (Å²) in [4.78, 5) is 24.7. The Hall–Kier alpha value is -3.80. The third-order valence-electron chi connectivity index (χ3n) is 4.33. The molecule has 0 bridgehead atoms. The number of nitrogens with one attached hydrogen (secondary N) is 3. The molecule has 0 aliphatic carbocycles. The number of rotatable bonds is 9. The minimum absolute atomic E-state index is 0.0650. The Labute approximate surface area is 176 Å². The number of benzene rings is 3. The van der Waals surface area contributed by atoms with Gasteiger partial charge >= 0.3 is 0 Å². The van der Waals surface area contributed by atoms with E-state index >= 15 is 0 Å². The summed E-state index contributed by atoms with van der Waals surface area (Å²) >= 11 is 0. The number of hydrogen-bond donors (Lipinski definition) is 3. The van der Waals surface area contributed by atoms with Gasteiger partial charge in [0.05, 0.1) is 18.8 Å². The molecule has 0 saturated heterocycles. The zero-order chi connectivity index (χ0) is 21.2. The first-order valence-electron chi connectivity index (χ1n) is 9.83. The number of anilines is 2. The Bertz CT molecular complexity index is 990. The van der Waals surface area contributed by atoms with Crippen molar-refractivity contribution in [2.45, 2.75) is 13.5 Å². The fraction of sp³-hybridized carbons (Fsp3) is 0.167. The van der Waals surface area contributed by atoms with E-state index in [0.29, 0.717) is 35.8 Å². The van der Waals surface area contributed by atoms with E-state index in [1.54, 1.807) is 24.3 Å². The van der Waals surface area contributed by atoms with Crippen molar-refractivity contribution in [1.29, 1.82) is 0 Å². The largest absolute Gasteiger partial charge is 0.492 e. The second-order valence-electron chi connectivity index (χ2n) is 6.58. The van der Waals surface area contributed by atoms with Crippen LogP contribution in [0, 0.1) is 0 Å². The minimum Gasteiger partial charge on any atom is -0.492 e. The molecule has 0 aliphatic heterocycles. The van der Waals surface area contributed by atoms with E-state index in [1.165, 1.54) is 0 Å². The predicted octanol–water partition coefficient (Wildman–Crippen LogP) is 4.07. The quantitative estimate of drug-likeness (QED) is 0.503. The molecule has 2 amide bonds. The van der Waals surface area contributed by atoms with Gasteiger partial charge in [-0.25, -0.2) is 0 Å². The molecule has 6 nitrogen and oxygen atoms in total. The third-order valence-corrected chi connectivity index (χ3v) is 4.33. The fourth-order valence-electron chi connectivity index (χ4n) is 2.88. The van der Waals surface area contributed by atoms with Gasteiger partial charge in [-0.2, -0.15) is 0 Å². The van der Waals surface area contributed by atoms with E-state index in [1.807, 2.05) is 61.5 Å². The van der Waals surface area contributed by atoms with Crippen LogP contribution in [0.25, 0.3) is 0 Å². The van der Waals surface area contributed by atoms with Gasteiger partial charge in [0.1, 0.15) is 5.75 Å². The van der Waals surface area contributed by atoms with Gasteiger partial charge in [-0.3, -0.25) is 9.59 Å². The molecule has 0 fully saturated rings. The van der Waals surface area contributed by atoms with Gasteiger partial charge in [-0.05, 0) is 42.8 Å². The minimum atomic E-state index is -0.207. The SMILES string of the molecule is CCOc1ccccc1NC(=O)CNc1cccc(C(=O)NCc2ccccc2)c1. The summed E-state index contributed by atoms with van der Waals surface area (Å²) in [7, 11) is 0. The Balaban J connectivity index is 1.53. The van der Waals surface area contributed by atoms with E-state index < -0.39 is 0 Å². The molecule has 0 atom stereocenters. The first kappa shape index (κ1) is 20.9. The molecular weight excluding hydrogens is 378 g/mol. The van der Waals surface area contributed by atoms with E-state index in [-0.39, 0.29) is 18.4 Å². The molecule has 6 heteroatoms. The second kappa shape index (κ2) is 10.7. The lowest BCUT2D eigenvalue weighted by atomic mass is 10.1. The molecular formula is C24H25N3O3. The van der Waals surface area contributed by atoms with E-state index in [9.17, 15) is 9.59 Å². The number of carbonyl (C=O) groups excluding carboxylic acids is 2. The van der Waals surface area contributed by atoms with Crippen molar-refractivity contribution in [2.75, 3.05) is 23.8 Å². The van der Waals surface area contributed by atoms with Crippen LogP contribution < -0.4 is 20.7 Å². The summed E-state index contributed by atoms with van der Waals surface area (Å²) in [5.41, 5.74) is 2.87. The summed E-state index contributed by atoms with van der Waals surface area (Å²) in [5.74, 6) is 0.254. The van der Waals surface area contributed by atoms with Crippen LogP contribution in [0.15, 0.2) is 78.9 Å². The molecule has 0 aromatic heterocycles. The van der Waals surface area contributed by atoms with Crippen LogP contribution in [-0.2, 0) is 11.3 Å². The maximum atomic E-state index is 12.4. The molecule has 0 spiro atoms. The maximum Gasteiger partial charge on any atom is 0.251 e. The zero-order valence-corrected chi connectivity index (χ0v) is 16.9. The third kappa shape index (κ3) is 6.10. The van der Waals surface area contributed by atoms with Crippen molar-refractivity contribution in [3.63, 3.8) is 0 Å². The highest BCUT2D eigenvalue weighted by Gasteiger charge is 2.09. The summed E-state index contributed by atoms with van der Waals surface area (Å²) in [5, 5.41) is 8.79. The average Bonchev–Trinajstić information content (AvgIpc) is 2.78. The summed E-state index contributed by atoms with van der Waals surface area (Å²) in [6, 6.07) is 24.1. The molecule has 3 N–H and O–H groups in total. The van der Waals surface area contributed by atoms with Gasteiger partial charge in [-0.15, -0.1) is 0 Å². The molecule has 3 aromatic rings. The molecule has 30 heavy (non-hydrogen) atoms. The fourth-order valence-corrected chi connectivity index (χ4v) is 2.88. The molecule has 154 valence electrons. The molecule has 3 rings (SSSR count). The molecule has 0 aliphatic rings. The molecule has 0 radical (unpaired) electrons. The number of carbonyl (C=O) groups is 2. The highest BCUT2D eigenvalue weighted by Crippen LogP contribution is 2.23. The van der Waals surface area contributed by atoms with Gasteiger partial charge in [-0.1, -0.05) is 48.5 Å². The molecule has 0 heterocycles. The van der Waals surface area contributed by atoms with Crippen molar-refractivity contribution in [2.24, 2.45) is 0 Å². The van der Waals surface area contributed by atoms with Gasteiger partial charge in [0, 0.05) is 17.8 Å². The van der Waals surface area contributed by atoms with Crippen LogP contribution in [0.1, 0.15) is 22.8 Å². The van der Waals surface area contributed by atoms with E-state index in [4.69, 9.17) is 4.74 Å². The summed E-state index contributed by atoms with van der Waals surface area (Å²) in [6.07, 6.45) is 0. The molecule has 0 saturated carbocycles. The van der Waals surface area contributed by atoms with Gasteiger partial charge < -0.3 is 20.7 Å². The van der Waals surface area contributed by atoms with Crippen LogP contribution in [0.5, 0.6) is 5.75 Å². The van der Waals surface area contributed by atoms with Crippen LogP contribution in [-0.4, -0.2) is 25.0 Å². The van der Waals surface area contributed by atoms with Crippen molar-refractivity contribution in [3.05, 3.63) is 90.0 Å². The lowest BCUT2D eigenvalue weighted by Gasteiger charge is -2.12. The number of ether oxygens (including phenoxy) is 1. The van der Waals surface area contributed by atoms with E-state index in [2.05, 4.69) is 16.0 Å². The Kier molecular flexibility index (Phi) is 7.44. The van der Waals surface area contributed by atoms with Gasteiger partial charge in [0.15, 0.2) is 0 Å². The average molecular weight is 403 g/mol. The lowest BCUT2D eigenvalue weighted by molar-refractivity contribution is -0.114. The Morgan fingerprint density at radius 1 is 0.900 bits per heavy atom. The first-order chi connectivity index (χ1) is 14.7. The highest BCUT2D eigenvalue weighted by atomic mass is 16.5.